The van der Waals surface area contributed by atoms with Crippen molar-refractivity contribution in [2.45, 2.75) is 32.9 Å². The molecule has 0 saturated heterocycles. The third kappa shape index (κ3) is 2.57. The number of nitrogens with one attached hydrogen (secondary N) is 3. The molecule has 5 heterocycles. The minimum Gasteiger partial charge on any atom is -0.354 e. The highest BCUT2D eigenvalue weighted by Crippen LogP contribution is 2.38. The number of aromatic nitrogens is 7. The van der Waals surface area contributed by atoms with Gasteiger partial charge in [-0.1, -0.05) is 13.8 Å². The lowest BCUT2D eigenvalue weighted by atomic mass is 9.95. The second-order valence-corrected chi connectivity index (χ2v) is 8.07. The molecule has 4 aromatic heterocycles. The Bertz CT molecular complexity index is 1360. The minimum atomic E-state index is 0.339. The molecule has 0 unspecified atom stereocenters. The summed E-state index contributed by atoms with van der Waals surface area (Å²) in [5.74, 6) is 2.12. The predicted octanol–water partition coefficient (Wildman–Crippen LogP) is 3.59. The standard InChI is InChI=1S/C22H22N8/c1-12(2)19-15-9-13(21-27-18-11-23-7-8-30(18)29-21)3-4-17(15)26-20(19)14-5-6-24-22-16(14)10-25-28-22/h3-6,9-10,12,23,26H,7-8,11H2,1-2H3,(H,24,25,28). The van der Waals surface area contributed by atoms with Crippen LogP contribution in [0.15, 0.2) is 36.7 Å². The van der Waals surface area contributed by atoms with Crippen molar-refractivity contribution in [2.75, 3.05) is 6.54 Å². The molecule has 5 aromatic rings. The van der Waals surface area contributed by atoms with E-state index in [2.05, 4.69) is 57.5 Å². The Morgan fingerprint density at radius 3 is 2.93 bits per heavy atom. The lowest BCUT2D eigenvalue weighted by molar-refractivity contribution is 0.469. The van der Waals surface area contributed by atoms with E-state index in [1.807, 2.05) is 23.1 Å². The van der Waals surface area contributed by atoms with Gasteiger partial charge < -0.3 is 10.3 Å². The van der Waals surface area contributed by atoms with E-state index in [0.717, 1.165) is 64.7 Å². The van der Waals surface area contributed by atoms with Gasteiger partial charge in [0, 0.05) is 40.2 Å². The van der Waals surface area contributed by atoms with Crippen LogP contribution in [0.3, 0.4) is 0 Å². The van der Waals surface area contributed by atoms with E-state index in [0.29, 0.717) is 5.92 Å². The maximum atomic E-state index is 4.76. The summed E-state index contributed by atoms with van der Waals surface area (Å²) < 4.78 is 2.01. The van der Waals surface area contributed by atoms with Gasteiger partial charge in [0.25, 0.3) is 0 Å². The molecule has 0 bridgehead atoms. The van der Waals surface area contributed by atoms with Crippen LogP contribution in [0.2, 0.25) is 0 Å². The van der Waals surface area contributed by atoms with Crippen molar-refractivity contribution in [3.8, 4) is 22.6 Å². The predicted molar refractivity (Wildman–Crippen MR) is 116 cm³/mol. The van der Waals surface area contributed by atoms with Crippen LogP contribution in [-0.4, -0.2) is 41.5 Å². The summed E-state index contributed by atoms with van der Waals surface area (Å²) in [6.45, 7) is 7.02. The Hall–Kier alpha value is -3.52. The van der Waals surface area contributed by atoms with Gasteiger partial charge in [-0.15, -0.1) is 0 Å². The molecule has 8 heteroatoms. The van der Waals surface area contributed by atoms with Crippen LogP contribution in [0.1, 0.15) is 31.2 Å². The normalized spacial score (nSPS) is 14.1. The number of pyridine rings is 1. The van der Waals surface area contributed by atoms with E-state index < -0.39 is 0 Å². The van der Waals surface area contributed by atoms with Gasteiger partial charge in [-0.3, -0.25) is 5.10 Å². The lowest BCUT2D eigenvalue weighted by Gasteiger charge is -2.11. The van der Waals surface area contributed by atoms with Crippen molar-refractivity contribution in [3.63, 3.8) is 0 Å². The summed E-state index contributed by atoms with van der Waals surface area (Å²) >= 11 is 0. The van der Waals surface area contributed by atoms with Gasteiger partial charge in [-0.25, -0.2) is 14.6 Å². The molecule has 0 amide bonds. The molecule has 150 valence electrons. The zero-order valence-corrected chi connectivity index (χ0v) is 16.9. The molecular formula is C22H22N8. The first kappa shape index (κ1) is 17.3. The van der Waals surface area contributed by atoms with Gasteiger partial charge in [0.1, 0.15) is 5.82 Å². The summed E-state index contributed by atoms with van der Waals surface area (Å²) in [6.07, 6.45) is 3.66. The van der Waals surface area contributed by atoms with E-state index in [1.54, 1.807) is 0 Å². The molecule has 0 fully saturated rings. The summed E-state index contributed by atoms with van der Waals surface area (Å²) in [7, 11) is 0. The molecule has 1 aliphatic rings. The maximum absolute atomic E-state index is 4.76. The van der Waals surface area contributed by atoms with Gasteiger partial charge in [0.2, 0.25) is 0 Å². The third-order valence-corrected chi connectivity index (χ3v) is 5.83. The van der Waals surface area contributed by atoms with Crippen molar-refractivity contribution in [3.05, 3.63) is 48.0 Å². The molecule has 0 aliphatic carbocycles. The number of H-pyrrole nitrogens is 2. The fourth-order valence-corrected chi connectivity index (χ4v) is 4.42. The number of fused-ring (bicyclic) bond motifs is 3. The number of benzene rings is 1. The Balaban J connectivity index is 1.55. The molecule has 0 radical (unpaired) electrons. The first-order chi connectivity index (χ1) is 14.7. The zero-order chi connectivity index (χ0) is 20.2. The Kier molecular flexibility index (Phi) is 3.76. The van der Waals surface area contributed by atoms with Gasteiger partial charge in [0.05, 0.1) is 25.0 Å². The minimum absolute atomic E-state index is 0.339. The van der Waals surface area contributed by atoms with Crippen molar-refractivity contribution >= 4 is 21.9 Å². The van der Waals surface area contributed by atoms with Crippen LogP contribution in [0.4, 0.5) is 0 Å². The zero-order valence-electron chi connectivity index (χ0n) is 16.9. The van der Waals surface area contributed by atoms with E-state index in [4.69, 9.17) is 10.1 Å². The average molecular weight is 398 g/mol. The summed E-state index contributed by atoms with van der Waals surface area (Å²) in [6, 6.07) is 8.49. The number of aromatic amines is 2. The lowest BCUT2D eigenvalue weighted by Crippen LogP contribution is -2.28. The van der Waals surface area contributed by atoms with Crippen LogP contribution in [0.5, 0.6) is 0 Å². The van der Waals surface area contributed by atoms with E-state index in [1.165, 1.54) is 10.9 Å². The molecule has 3 N–H and O–H groups in total. The number of nitrogens with zero attached hydrogens (tertiary/aromatic N) is 5. The SMILES string of the molecule is CC(C)c1c(-c2ccnc3[nH]ncc23)[nH]c2ccc(-c3nc4n(n3)CCNC4)cc12. The van der Waals surface area contributed by atoms with Gasteiger partial charge in [-0.2, -0.15) is 10.2 Å². The monoisotopic (exact) mass is 398 g/mol. The summed E-state index contributed by atoms with van der Waals surface area (Å²) in [4.78, 5) is 12.8. The topological polar surface area (TPSA) is 100 Å². The fourth-order valence-electron chi connectivity index (χ4n) is 4.42. The first-order valence-electron chi connectivity index (χ1n) is 10.3. The van der Waals surface area contributed by atoms with Crippen LogP contribution < -0.4 is 5.32 Å². The highest BCUT2D eigenvalue weighted by molar-refractivity contribution is 5.99. The molecule has 8 nitrogen and oxygen atoms in total. The fraction of sp³-hybridized carbons (Fsp3) is 0.273. The molecule has 6 rings (SSSR count). The highest BCUT2D eigenvalue weighted by Gasteiger charge is 2.20. The quantitative estimate of drug-likeness (QED) is 0.431. The van der Waals surface area contributed by atoms with E-state index in [-0.39, 0.29) is 0 Å². The number of hydrogen-bond acceptors (Lipinski definition) is 5. The van der Waals surface area contributed by atoms with Crippen molar-refractivity contribution in [1.82, 2.24) is 40.2 Å². The smallest absolute Gasteiger partial charge is 0.181 e. The van der Waals surface area contributed by atoms with Crippen LogP contribution in [0.25, 0.3) is 44.6 Å². The van der Waals surface area contributed by atoms with Crippen LogP contribution in [-0.2, 0) is 13.1 Å². The second-order valence-electron chi connectivity index (χ2n) is 8.07. The molecular weight excluding hydrogens is 376 g/mol. The van der Waals surface area contributed by atoms with Gasteiger partial charge in [0.15, 0.2) is 11.5 Å². The second kappa shape index (κ2) is 6.50. The average Bonchev–Trinajstić information content (AvgIpc) is 3.48. The number of rotatable bonds is 3. The molecule has 0 spiro atoms. The van der Waals surface area contributed by atoms with Crippen LogP contribution >= 0.6 is 0 Å². The number of hydrogen-bond donors (Lipinski definition) is 3. The van der Waals surface area contributed by atoms with Gasteiger partial charge in [-0.05, 0) is 35.7 Å². The third-order valence-electron chi connectivity index (χ3n) is 5.83. The molecule has 0 atom stereocenters. The highest BCUT2D eigenvalue weighted by atomic mass is 15.4. The first-order valence-corrected chi connectivity index (χ1v) is 10.3. The van der Waals surface area contributed by atoms with Gasteiger partial charge >= 0.3 is 0 Å². The van der Waals surface area contributed by atoms with Crippen molar-refractivity contribution in [1.29, 1.82) is 0 Å². The molecule has 30 heavy (non-hydrogen) atoms. The summed E-state index contributed by atoms with van der Waals surface area (Å²) in [5.41, 5.74) is 6.45. The maximum Gasteiger partial charge on any atom is 0.181 e. The summed E-state index contributed by atoms with van der Waals surface area (Å²) in [5, 5.41) is 17.5. The van der Waals surface area contributed by atoms with Crippen molar-refractivity contribution < 1.29 is 0 Å². The van der Waals surface area contributed by atoms with E-state index >= 15 is 0 Å². The Morgan fingerprint density at radius 2 is 2.07 bits per heavy atom. The molecule has 1 aliphatic heterocycles. The van der Waals surface area contributed by atoms with Crippen molar-refractivity contribution in [2.24, 2.45) is 0 Å². The molecule has 1 aromatic carbocycles. The van der Waals surface area contributed by atoms with E-state index in [9.17, 15) is 0 Å². The largest absolute Gasteiger partial charge is 0.354 e. The Labute approximate surface area is 172 Å². The van der Waals surface area contributed by atoms with Crippen LogP contribution in [0, 0.1) is 0 Å². The Morgan fingerprint density at radius 1 is 1.13 bits per heavy atom. The molecule has 0 saturated carbocycles.